The van der Waals surface area contributed by atoms with E-state index in [0.29, 0.717) is 26.8 Å². The fraction of sp³-hybridized carbons (Fsp3) is 0. The molecule has 128 valence electrons. The Morgan fingerprint density at radius 1 is 1.08 bits per heavy atom. The number of ketones is 1. The highest BCUT2D eigenvalue weighted by Crippen LogP contribution is 2.29. The van der Waals surface area contributed by atoms with Gasteiger partial charge in [0.25, 0.3) is 0 Å². The van der Waals surface area contributed by atoms with Gasteiger partial charge in [0.1, 0.15) is 10.7 Å². The number of hydrogen-bond acceptors (Lipinski definition) is 7. The Kier molecular flexibility index (Phi) is 4.64. The maximum Gasteiger partial charge on any atom is 0.335 e. The van der Waals surface area contributed by atoms with E-state index in [0.717, 1.165) is 11.3 Å². The minimum Gasteiger partial charge on any atom is -0.478 e. The number of aromatic nitrogens is 1. The van der Waals surface area contributed by atoms with Gasteiger partial charge in [0.15, 0.2) is 5.13 Å². The molecular weight excluding hydrogens is 352 g/mol. The Morgan fingerprint density at radius 3 is 2.27 bits per heavy atom. The molecule has 0 aliphatic rings. The van der Waals surface area contributed by atoms with Crippen molar-refractivity contribution in [2.24, 2.45) is 0 Å². The minimum atomic E-state index is -1.01. The van der Waals surface area contributed by atoms with Crippen LogP contribution in [0.5, 0.6) is 0 Å². The van der Waals surface area contributed by atoms with Crippen LogP contribution in [-0.4, -0.2) is 21.8 Å². The van der Waals surface area contributed by atoms with Crippen molar-refractivity contribution in [2.75, 3.05) is 11.1 Å². The average molecular weight is 364 g/mol. The summed E-state index contributed by atoms with van der Waals surface area (Å²) in [6, 6.07) is 14.4. The van der Waals surface area contributed by atoms with Crippen molar-refractivity contribution in [3.63, 3.8) is 0 Å². The Labute approximate surface area is 152 Å². The van der Waals surface area contributed by atoms with E-state index in [9.17, 15) is 9.59 Å². The van der Waals surface area contributed by atoms with Gasteiger partial charge >= 0.3 is 5.97 Å². The predicted octanol–water partition coefficient (Wildman–Crippen LogP) is 3.27. The van der Waals surface area contributed by atoms with Crippen molar-refractivity contribution in [1.82, 2.24) is 4.98 Å². The van der Waals surface area contributed by atoms with Gasteiger partial charge in [-0.25, -0.2) is 9.78 Å². The third kappa shape index (κ3) is 3.53. The number of benzene rings is 2. The number of hydrogen-bond donors (Lipinski definition) is 3. The van der Waals surface area contributed by atoms with Crippen LogP contribution in [-0.2, 0) is 0 Å². The highest BCUT2D eigenvalue weighted by Gasteiger charge is 2.18. The smallest absolute Gasteiger partial charge is 0.335 e. The summed E-state index contributed by atoms with van der Waals surface area (Å²) in [4.78, 5) is 27.9. The first-order valence-electron chi connectivity index (χ1n) is 7.39. The summed E-state index contributed by atoms with van der Waals surface area (Å²) in [7, 11) is 0. The van der Waals surface area contributed by atoms with E-state index in [1.807, 2.05) is 6.07 Å². The number of nitrogen functional groups attached to an aromatic ring is 1. The van der Waals surface area contributed by atoms with Gasteiger partial charge in [0.2, 0.25) is 5.78 Å². The van der Waals surface area contributed by atoms with E-state index >= 15 is 0 Å². The van der Waals surface area contributed by atoms with Crippen molar-refractivity contribution in [1.29, 1.82) is 5.26 Å². The number of nitriles is 1. The van der Waals surface area contributed by atoms with E-state index in [-0.39, 0.29) is 17.2 Å². The molecule has 3 aromatic rings. The molecule has 0 aliphatic heterocycles. The first-order valence-corrected chi connectivity index (χ1v) is 8.21. The third-order valence-electron chi connectivity index (χ3n) is 3.52. The number of carbonyl (C=O) groups excluding carboxylic acids is 1. The second-order valence-electron chi connectivity index (χ2n) is 5.26. The molecule has 0 fully saturated rings. The van der Waals surface area contributed by atoms with Gasteiger partial charge in [-0.15, -0.1) is 0 Å². The molecule has 0 unspecified atom stereocenters. The first kappa shape index (κ1) is 17.1. The van der Waals surface area contributed by atoms with Crippen LogP contribution >= 0.6 is 11.3 Å². The Bertz CT molecular complexity index is 1020. The van der Waals surface area contributed by atoms with Gasteiger partial charge in [0.05, 0.1) is 17.2 Å². The van der Waals surface area contributed by atoms with E-state index in [1.165, 1.54) is 12.1 Å². The standard InChI is InChI=1S/C18H12N4O3S/c19-9-10-1-3-11(4-2-10)14(23)15-16(20)22-18(26-15)21-13-7-5-12(6-8-13)17(24)25/h1-8H,20H2,(H,21,22)(H,24,25). The van der Waals surface area contributed by atoms with Crippen LogP contribution in [0.25, 0.3) is 0 Å². The summed E-state index contributed by atoms with van der Waals surface area (Å²) < 4.78 is 0. The van der Waals surface area contributed by atoms with Crippen molar-refractivity contribution in [2.45, 2.75) is 0 Å². The Hall–Kier alpha value is -3.70. The number of carboxylic acid groups (broad SMARTS) is 1. The van der Waals surface area contributed by atoms with Gasteiger partial charge in [0, 0.05) is 11.3 Å². The number of anilines is 3. The molecule has 0 amide bonds. The quantitative estimate of drug-likeness (QED) is 0.592. The third-order valence-corrected chi connectivity index (χ3v) is 4.50. The van der Waals surface area contributed by atoms with E-state index in [1.54, 1.807) is 36.4 Å². The average Bonchev–Trinajstić information content (AvgIpc) is 3.01. The lowest BCUT2D eigenvalue weighted by Gasteiger charge is -2.02. The Balaban J connectivity index is 1.80. The van der Waals surface area contributed by atoms with Crippen LogP contribution in [0, 0.1) is 11.3 Å². The number of carboxylic acids is 1. The maximum absolute atomic E-state index is 12.6. The highest BCUT2D eigenvalue weighted by atomic mass is 32.1. The zero-order valence-corrected chi connectivity index (χ0v) is 14.1. The normalized spacial score (nSPS) is 10.1. The number of rotatable bonds is 5. The van der Waals surface area contributed by atoms with E-state index in [4.69, 9.17) is 16.1 Å². The lowest BCUT2D eigenvalue weighted by Crippen LogP contribution is -2.02. The summed E-state index contributed by atoms with van der Waals surface area (Å²) in [5.74, 6) is -1.18. The molecule has 0 saturated carbocycles. The molecule has 8 heteroatoms. The molecule has 0 spiro atoms. The summed E-state index contributed by atoms with van der Waals surface area (Å²) in [6.07, 6.45) is 0. The molecular formula is C18H12N4O3S. The summed E-state index contributed by atoms with van der Waals surface area (Å²) in [6.45, 7) is 0. The molecule has 26 heavy (non-hydrogen) atoms. The lowest BCUT2D eigenvalue weighted by molar-refractivity contribution is 0.0696. The predicted molar refractivity (Wildman–Crippen MR) is 97.8 cm³/mol. The maximum atomic E-state index is 12.6. The van der Waals surface area contributed by atoms with Gasteiger partial charge in [-0.2, -0.15) is 5.26 Å². The van der Waals surface area contributed by atoms with Gasteiger partial charge in [-0.1, -0.05) is 11.3 Å². The molecule has 0 radical (unpaired) electrons. The SMILES string of the molecule is N#Cc1ccc(C(=O)c2sc(Nc3ccc(C(=O)O)cc3)nc2N)cc1. The van der Waals surface area contributed by atoms with Crippen molar-refractivity contribution in [3.05, 3.63) is 70.1 Å². The van der Waals surface area contributed by atoms with Crippen LogP contribution in [0.1, 0.15) is 31.2 Å². The summed E-state index contributed by atoms with van der Waals surface area (Å²) in [5.41, 5.74) is 7.54. The zero-order chi connectivity index (χ0) is 18.7. The van der Waals surface area contributed by atoms with Crippen LogP contribution in [0.3, 0.4) is 0 Å². The molecule has 0 bridgehead atoms. The van der Waals surface area contributed by atoms with Gasteiger partial charge in [-0.05, 0) is 48.5 Å². The molecule has 3 rings (SSSR count). The fourth-order valence-corrected chi connectivity index (χ4v) is 3.06. The van der Waals surface area contributed by atoms with Crippen LogP contribution in [0.4, 0.5) is 16.6 Å². The van der Waals surface area contributed by atoms with E-state index in [2.05, 4.69) is 10.3 Å². The zero-order valence-electron chi connectivity index (χ0n) is 13.3. The largest absolute Gasteiger partial charge is 0.478 e. The molecule has 0 aliphatic carbocycles. The van der Waals surface area contributed by atoms with Crippen LogP contribution in [0.2, 0.25) is 0 Å². The van der Waals surface area contributed by atoms with Crippen LogP contribution in [0.15, 0.2) is 48.5 Å². The number of nitrogens with two attached hydrogens (primary N) is 1. The van der Waals surface area contributed by atoms with Gasteiger partial charge < -0.3 is 16.2 Å². The topological polar surface area (TPSA) is 129 Å². The van der Waals surface area contributed by atoms with E-state index < -0.39 is 5.97 Å². The Morgan fingerprint density at radius 2 is 1.69 bits per heavy atom. The second-order valence-corrected chi connectivity index (χ2v) is 6.26. The molecule has 4 N–H and O–H groups in total. The summed E-state index contributed by atoms with van der Waals surface area (Å²) >= 11 is 1.10. The molecule has 1 heterocycles. The highest BCUT2D eigenvalue weighted by molar-refractivity contribution is 7.18. The van der Waals surface area contributed by atoms with Crippen molar-refractivity contribution >= 4 is 39.7 Å². The lowest BCUT2D eigenvalue weighted by atomic mass is 10.1. The number of aromatic carboxylic acids is 1. The number of nitrogens with zero attached hydrogens (tertiary/aromatic N) is 2. The summed E-state index contributed by atoms with van der Waals surface area (Å²) in [5, 5.41) is 21.1. The molecule has 2 aromatic carbocycles. The van der Waals surface area contributed by atoms with Crippen LogP contribution < -0.4 is 11.1 Å². The van der Waals surface area contributed by atoms with Crippen molar-refractivity contribution in [3.8, 4) is 6.07 Å². The molecule has 0 atom stereocenters. The molecule has 1 aromatic heterocycles. The number of nitrogens with one attached hydrogen (secondary N) is 1. The fourth-order valence-electron chi connectivity index (χ4n) is 2.19. The molecule has 7 nitrogen and oxygen atoms in total. The van der Waals surface area contributed by atoms with Gasteiger partial charge in [-0.3, -0.25) is 4.79 Å². The van der Waals surface area contributed by atoms with Crippen molar-refractivity contribution < 1.29 is 14.7 Å². The first-order chi connectivity index (χ1) is 12.5. The minimum absolute atomic E-state index is 0.106. The monoisotopic (exact) mass is 364 g/mol. The second kappa shape index (κ2) is 7.04. The number of carbonyl (C=O) groups is 2. The number of thiazole rings is 1. The molecule has 0 saturated heterocycles.